The van der Waals surface area contributed by atoms with E-state index in [4.69, 9.17) is 10.5 Å². The monoisotopic (exact) mass is 264 g/mol. The Morgan fingerprint density at radius 2 is 1.75 bits per heavy atom. The van der Waals surface area contributed by atoms with Crippen LogP contribution in [0.3, 0.4) is 0 Å². The van der Waals surface area contributed by atoms with Crippen LogP contribution in [0.4, 0.5) is 5.82 Å². The predicted octanol–water partition coefficient (Wildman–Crippen LogP) is 3.96. The highest BCUT2D eigenvalue weighted by Crippen LogP contribution is 2.28. The molecule has 2 aromatic carbocycles. The third-order valence-electron chi connectivity index (χ3n) is 3.28. The van der Waals surface area contributed by atoms with E-state index in [0.29, 0.717) is 5.82 Å². The molecule has 3 rings (SSSR count). The molecule has 1 atom stereocenters. The average molecular weight is 264 g/mol. The smallest absolute Gasteiger partial charge is 0.146 e. The van der Waals surface area contributed by atoms with Crippen molar-refractivity contribution < 1.29 is 4.74 Å². The number of pyridine rings is 1. The molecular weight excluding hydrogens is 248 g/mol. The van der Waals surface area contributed by atoms with E-state index in [0.717, 1.165) is 22.2 Å². The summed E-state index contributed by atoms with van der Waals surface area (Å²) in [4.78, 5) is 4.38. The number of aromatic nitrogens is 1. The summed E-state index contributed by atoms with van der Waals surface area (Å²) in [5, 5.41) is 1.02. The van der Waals surface area contributed by atoms with Crippen LogP contribution in [0.25, 0.3) is 10.9 Å². The second kappa shape index (κ2) is 5.21. The lowest BCUT2D eigenvalue weighted by Gasteiger charge is -2.16. The highest BCUT2D eigenvalue weighted by atomic mass is 16.5. The van der Waals surface area contributed by atoms with Gasteiger partial charge in [0.05, 0.1) is 0 Å². The largest absolute Gasteiger partial charge is 0.484 e. The van der Waals surface area contributed by atoms with Gasteiger partial charge in [0.2, 0.25) is 0 Å². The summed E-state index contributed by atoms with van der Waals surface area (Å²) in [6.07, 6.45) is -0.0370. The van der Waals surface area contributed by atoms with Crippen LogP contribution in [0, 0.1) is 0 Å². The minimum Gasteiger partial charge on any atom is -0.484 e. The molecule has 0 spiro atoms. The molecule has 0 radical (unpaired) electrons. The van der Waals surface area contributed by atoms with Gasteiger partial charge in [-0.3, -0.25) is 0 Å². The Balaban J connectivity index is 1.97. The fourth-order valence-electron chi connectivity index (χ4n) is 2.21. The van der Waals surface area contributed by atoms with Crippen LogP contribution in [-0.2, 0) is 0 Å². The van der Waals surface area contributed by atoms with Crippen LogP contribution < -0.4 is 10.5 Å². The van der Waals surface area contributed by atoms with Crippen molar-refractivity contribution in [3.63, 3.8) is 0 Å². The first-order valence-corrected chi connectivity index (χ1v) is 6.61. The SMILES string of the molecule is C[C@@H](Oc1cccc2ccc(N)nc12)c1ccccc1. The zero-order valence-corrected chi connectivity index (χ0v) is 11.3. The number of fused-ring (bicyclic) bond motifs is 1. The first-order valence-electron chi connectivity index (χ1n) is 6.61. The van der Waals surface area contributed by atoms with E-state index < -0.39 is 0 Å². The minimum absolute atomic E-state index is 0.0370. The lowest BCUT2D eigenvalue weighted by Crippen LogP contribution is -2.03. The molecular formula is C17H16N2O. The normalized spacial score (nSPS) is 12.2. The van der Waals surface area contributed by atoms with Gasteiger partial charge in [-0.2, -0.15) is 0 Å². The highest BCUT2D eigenvalue weighted by molar-refractivity contribution is 5.85. The zero-order chi connectivity index (χ0) is 13.9. The molecule has 3 nitrogen and oxygen atoms in total. The van der Waals surface area contributed by atoms with E-state index in [2.05, 4.69) is 17.1 Å². The standard InChI is InChI=1S/C17H16N2O/c1-12(13-6-3-2-4-7-13)20-15-9-5-8-14-10-11-16(18)19-17(14)15/h2-12H,1H3,(H2,18,19)/t12-/m1/s1. The third kappa shape index (κ3) is 2.43. The first-order chi connectivity index (χ1) is 9.74. The van der Waals surface area contributed by atoms with Gasteiger partial charge in [-0.1, -0.05) is 42.5 Å². The molecule has 20 heavy (non-hydrogen) atoms. The predicted molar refractivity (Wildman–Crippen MR) is 81.6 cm³/mol. The van der Waals surface area contributed by atoms with Crippen molar-refractivity contribution >= 4 is 16.7 Å². The average Bonchev–Trinajstić information content (AvgIpc) is 2.49. The molecule has 3 heteroatoms. The molecule has 0 bridgehead atoms. The third-order valence-corrected chi connectivity index (χ3v) is 3.28. The Kier molecular flexibility index (Phi) is 3.25. The molecule has 0 saturated carbocycles. The van der Waals surface area contributed by atoms with Gasteiger partial charge in [-0.25, -0.2) is 4.98 Å². The van der Waals surface area contributed by atoms with Crippen LogP contribution in [0.1, 0.15) is 18.6 Å². The molecule has 0 amide bonds. The van der Waals surface area contributed by atoms with Crippen molar-refractivity contribution in [3.8, 4) is 5.75 Å². The minimum atomic E-state index is -0.0370. The van der Waals surface area contributed by atoms with Crippen molar-refractivity contribution in [3.05, 3.63) is 66.2 Å². The van der Waals surface area contributed by atoms with Crippen LogP contribution in [-0.4, -0.2) is 4.98 Å². The van der Waals surface area contributed by atoms with Crippen molar-refractivity contribution in [2.45, 2.75) is 13.0 Å². The highest BCUT2D eigenvalue weighted by Gasteiger charge is 2.10. The molecule has 100 valence electrons. The summed E-state index contributed by atoms with van der Waals surface area (Å²) < 4.78 is 6.05. The van der Waals surface area contributed by atoms with E-state index in [9.17, 15) is 0 Å². The number of rotatable bonds is 3. The summed E-state index contributed by atoms with van der Waals surface area (Å²) in [5.41, 5.74) is 7.70. The molecule has 0 unspecified atom stereocenters. The number of nitrogens with two attached hydrogens (primary N) is 1. The lowest BCUT2D eigenvalue weighted by molar-refractivity contribution is 0.229. The molecule has 2 N–H and O–H groups in total. The Morgan fingerprint density at radius 3 is 2.55 bits per heavy atom. The van der Waals surface area contributed by atoms with E-state index in [-0.39, 0.29) is 6.10 Å². The number of nitrogen functional groups attached to an aromatic ring is 1. The fraction of sp³-hybridized carbons (Fsp3) is 0.118. The number of anilines is 1. The second-order valence-electron chi connectivity index (χ2n) is 4.73. The molecule has 0 saturated heterocycles. The zero-order valence-electron chi connectivity index (χ0n) is 11.3. The number of hydrogen-bond donors (Lipinski definition) is 1. The van der Waals surface area contributed by atoms with Crippen LogP contribution in [0.2, 0.25) is 0 Å². The van der Waals surface area contributed by atoms with Gasteiger partial charge >= 0.3 is 0 Å². The van der Waals surface area contributed by atoms with Crippen molar-refractivity contribution in [1.82, 2.24) is 4.98 Å². The van der Waals surface area contributed by atoms with E-state index in [1.807, 2.05) is 49.4 Å². The maximum absolute atomic E-state index is 6.05. The number of ether oxygens (including phenoxy) is 1. The second-order valence-corrected chi connectivity index (χ2v) is 4.73. The van der Waals surface area contributed by atoms with Gasteiger partial charge in [0.15, 0.2) is 0 Å². The number of para-hydroxylation sites is 1. The van der Waals surface area contributed by atoms with Crippen molar-refractivity contribution in [2.24, 2.45) is 0 Å². The quantitative estimate of drug-likeness (QED) is 0.779. The molecule has 0 fully saturated rings. The van der Waals surface area contributed by atoms with Crippen molar-refractivity contribution in [2.75, 3.05) is 5.73 Å². The van der Waals surface area contributed by atoms with Gasteiger partial charge in [-0.05, 0) is 30.7 Å². The Labute approximate surface area is 118 Å². The van der Waals surface area contributed by atoms with Crippen molar-refractivity contribution in [1.29, 1.82) is 0 Å². The topological polar surface area (TPSA) is 48.1 Å². The Morgan fingerprint density at radius 1 is 0.950 bits per heavy atom. The number of benzene rings is 2. The number of nitrogens with zero attached hydrogens (tertiary/aromatic N) is 1. The van der Waals surface area contributed by atoms with Crippen LogP contribution in [0.15, 0.2) is 60.7 Å². The molecule has 0 aliphatic carbocycles. The summed E-state index contributed by atoms with van der Waals surface area (Å²) in [7, 11) is 0. The fourth-order valence-corrected chi connectivity index (χ4v) is 2.21. The lowest BCUT2D eigenvalue weighted by atomic mass is 10.1. The first kappa shape index (κ1) is 12.5. The van der Waals surface area contributed by atoms with Gasteiger partial charge in [0.1, 0.15) is 23.2 Å². The Hall–Kier alpha value is -2.55. The Bertz CT molecular complexity index is 725. The molecule has 1 aromatic heterocycles. The van der Waals surface area contributed by atoms with Gasteiger partial charge in [0, 0.05) is 5.39 Å². The molecule has 0 aliphatic rings. The van der Waals surface area contributed by atoms with E-state index in [1.54, 1.807) is 6.07 Å². The molecule has 0 aliphatic heterocycles. The molecule has 3 aromatic rings. The summed E-state index contributed by atoms with van der Waals surface area (Å²) in [5.74, 6) is 1.26. The van der Waals surface area contributed by atoms with Gasteiger partial charge in [0.25, 0.3) is 0 Å². The van der Waals surface area contributed by atoms with E-state index >= 15 is 0 Å². The number of hydrogen-bond acceptors (Lipinski definition) is 3. The van der Waals surface area contributed by atoms with Crippen LogP contribution in [0.5, 0.6) is 5.75 Å². The van der Waals surface area contributed by atoms with E-state index in [1.165, 1.54) is 0 Å². The van der Waals surface area contributed by atoms with Gasteiger partial charge < -0.3 is 10.5 Å². The summed E-state index contributed by atoms with van der Waals surface area (Å²) in [6.45, 7) is 2.03. The maximum atomic E-state index is 6.05. The molecule has 1 heterocycles. The summed E-state index contributed by atoms with van der Waals surface area (Å²) in [6, 6.07) is 19.8. The van der Waals surface area contributed by atoms with Gasteiger partial charge in [-0.15, -0.1) is 0 Å². The maximum Gasteiger partial charge on any atom is 0.146 e. The van der Waals surface area contributed by atoms with Crippen LogP contribution >= 0.6 is 0 Å². The summed E-state index contributed by atoms with van der Waals surface area (Å²) >= 11 is 0.